The Morgan fingerprint density at radius 2 is 1.76 bits per heavy atom. The van der Waals surface area contributed by atoms with Gasteiger partial charge in [0.1, 0.15) is 0 Å². The maximum absolute atomic E-state index is 11.5. The van der Waals surface area contributed by atoms with Crippen LogP contribution in [0.4, 0.5) is 0 Å². The van der Waals surface area contributed by atoms with E-state index in [1.807, 2.05) is 0 Å². The van der Waals surface area contributed by atoms with E-state index >= 15 is 0 Å². The Labute approximate surface area is 111 Å². The summed E-state index contributed by atoms with van der Waals surface area (Å²) in [6, 6.07) is -0.0995. The summed E-state index contributed by atoms with van der Waals surface area (Å²) in [7, 11) is -3.40. The van der Waals surface area contributed by atoms with Gasteiger partial charge in [0.05, 0.1) is 0 Å². The van der Waals surface area contributed by atoms with E-state index in [9.17, 15) is 8.42 Å². The number of nitrogens with two attached hydrogens (primary N) is 1. The van der Waals surface area contributed by atoms with Crippen molar-refractivity contribution in [1.82, 2.24) is 9.44 Å². The van der Waals surface area contributed by atoms with Crippen LogP contribution in [0.1, 0.15) is 46.0 Å². The second kappa shape index (κ2) is 6.89. The molecule has 0 saturated heterocycles. The molecule has 1 fully saturated rings. The molecule has 0 radical (unpaired) electrons. The molecule has 0 spiro atoms. The lowest BCUT2D eigenvalue weighted by molar-refractivity contribution is 0.296. The Kier molecular flexibility index (Phi) is 6.94. The minimum atomic E-state index is -3.40. The average molecular weight is 286 g/mol. The number of halogens is 1. The third kappa shape index (κ3) is 6.57. The molecule has 4 N–H and O–H groups in total. The van der Waals surface area contributed by atoms with Crippen molar-refractivity contribution in [3.05, 3.63) is 0 Å². The maximum atomic E-state index is 11.5. The van der Waals surface area contributed by atoms with Crippen LogP contribution in [0.2, 0.25) is 0 Å². The second-order valence-electron chi connectivity index (χ2n) is 5.02. The molecule has 0 aromatic carbocycles. The molecule has 0 atom stereocenters. The van der Waals surface area contributed by atoms with Crippen LogP contribution in [-0.2, 0) is 10.2 Å². The van der Waals surface area contributed by atoms with Crippen LogP contribution in [0.3, 0.4) is 0 Å². The molecule has 17 heavy (non-hydrogen) atoms. The summed E-state index contributed by atoms with van der Waals surface area (Å²) < 4.78 is 28.1. The van der Waals surface area contributed by atoms with Gasteiger partial charge in [0.2, 0.25) is 0 Å². The SMILES string of the molecule is CC(C)NS(=O)(=O)NCC1(N)CCCCC1.Cl. The summed E-state index contributed by atoms with van der Waals surface area (Å²) in [6.45, 7) is 3.91. The first kappa shape index (κ1) is 17.1. The second-order valence-corrected chi connectivity index (χ2v) is 6.55. The highest BCUT2D eigenvalue weighted by atomic mass is 35.5. The van der Waals surface area contributed by atoms with Gasteiger partial charge in [-0.3, -0.25) is 0 Å². The van der Waals surface area contributed by atoms with Crippen LogP contribution in [0.15, 0.2) is 0 Å². The van der Waals surface area contributed by atoms with Gasteiger partial charge in [-0.25, -0.2) is 4.72 Å². The first-order chi connectivity index (χ1) is 7.33. The van der Waals surface area contributed by atoms with Gasteiger partial charge in [-0.15, -0.1) is 12.4 Å². The Morgan fingerprint density at radius 1 is 1.24 bits per heavy atom. The molecule has 0 aromatic heterocycles. The molecule has 0 bridgehead atoms. The normalized spacial score (nSPS) is 20.0. The van der Waals surface area contributed by atoms with Crippen molar-refractivity contribution in [3.63, 3.8) is 0 Å². The molecule has 0 heterocycles. The zero-order valence-electron chi connectivity index (χ0n) is 10.5. The number of hydrogen-bond acceptors (Lipinski definition) is 3. The molecule has 0 amide bonds. The van der Waals surface area contributed by atoms with Crippen LogP contribution < -0.4 is 15.2 Å². The van der Waals surface area contributed by atoms with Gasteiger partial charge in [0.25, 0.3) is 10.2 Å². The van der Waals surface area contributed by atoms with Crippen LogP contribution in [0.5, 0.6) is 0 Å². The predicted octanol–water partition coefficient (Wildman–Crippen LogP) is 0.902. The number of hydrogen-bond donors (Lipinski definition) is 3. The molecule has 104 valence electrons. The molecular weight excluding hydrogens is 262 g/mol. The fourth-order valence-electron chi connectivity index (χ4n) is 2.02. The smallest absolute Gasteiger partial charge is 0.277 e. The summed E-state index contributed by atoms with van der Waals surface area (Å²) in [5, 5.41) is 0. The van der Waals surface area contributed by atoms with Crippen LogP contribution >= 0.6 is 12.4 Å². The van der Waals surface area contributed by atoms with Crippen molar-refractivity contribution in [2.45, 2.75) is 57.5 Å². The van der Waals surface area contributed by atoms with Crippen LogP contribution in [-0.4, -0.2) is 26.5 Å². The molecule has 0 aromatic rings. The quantitative estimate of drug-likeness (QED) is 0.702. The first-order valence-electron chi connectivity index (χ1n) is 5.89. The lowest BCUT2D eigenvalue weighted by Crippen LogP contribution is -2.53. The van der Waals surface area contributed by atoms with E-state index in [-0.39, 0.29) is 24.0 Å². The highest BCUT2D eigenvalue weighted by Gasteiger charge is 2.28. The Bertz CT molecular complexity index is 314. The third-order valence-corrected chi connectivity index (χ3v) is 4.16. The van der Waals surface area contributed by atoms with Gasteiger partial charge in [-0.05, 0) is 26.7 Å². The molecular formula is C10H24ClN3O2S. The van der Waals surface area contributed by atoms with Crippen LogP contribution in [0.25, 0.3) is 0 Å². The van der Waals surface area contributed by atoms with E-state index < -0.39 is 10.2 Å². The Morgan fingerprint density at radius 3 is 2.24 bits per heavy atom. The molecule has 0 aliphatic heterocycles. The van der Waals surface area contributed by atoms with E-state index in [2.05, 4.69) is 9.44 Å². The molecule has 1 aliphatic carbocycles. The lowest BCUT2D eigenvalue weighted by atomic mass is 9.83. The van der Waals surface area contributed by atoms with Crippen molar-refractivity contribution in [2.24, 2.45) is 5.73 Å². The van der Waals surface area contributed by atoms with Crippen molar-refractivity contribution >= 4 is 22.6 Å². The molecule has 1 saturated carbocycles. The predicted molar refractivity (Wildman–Crippen MR) is 72.4 cm³/mol. The van der Waals surface area contributed by atoms with E-state index in [4.69, 9.17) is 5.73 Å². The number of nitrogens with one attached hydrogen (secondary N) is 2. The fourth-order valence-corrected chi connectivity index (χ4v) is 3.20. The first-order valence-corrected chi connectivity index (χ1v) is 7.37. The van der Waals surface area contributed by atoms with E-state index in [0.717, 1.165) is 25.7 Å². The summed E-state index contributed by atoms with van der Waals surface area (Å²) in [4.78, 5) is 0. The van der Waals surface area contributed by atoms with E-state index in [1.54, 1.807) is 13.8 Å². The third-order valence-electron chi connectivity index (χ3n) is 2.85. The van der Waals surface area contributed by atoms with Crippen molar-refractivity contribution in [2.75, 3.05) is 6.54 Å². The molecule has 0 unspecified atom stereocenters. The summed E-state index contributed by atoms with van der Waals surface area (Å²) in [6.07, 6.45) is 5.19. The summed E-state index contributed by atoms with van der Waals surface area (Å²) in [5.74, 6) is 0. The fraction of sp³-hybridized carbons (Fsp3) is 1.00. The Balaban J connectivity index is 0.00000256. The van der Waals surface area contributed by atoms with Gasteiger partial charge in [0, 0.05) is 18.1 Å². The topological polar surface area (TPSA) is 84.2 Å². The van der Waals surface area contributed by atoms with Crippen molar-refractivity contribution < 1.29 is 8.42 Å². The Hall–Kier alpha value is 0.120. The zero-order valence-corrected chi connectivity index (χ0v) is 12.2. The largest absolute Gasteiger partial charge is 0.324 e. The van der Waals surface area contributed by atoms with Crippen LogP contribution in [0, 0.1) is 0 Å². The minimum Gasteiger partial charge on any atom is -0.324 e. The molecule has 7 heteroatoms. The molecule has 1 rings (SSSR count). The summed E-state index contributed by atoms with van der Waals surface area (Å²) >= 11 is 0. The highest BCUT2D eigenvalue weighted by molar-refractivity contribution is 7.87. The van der Waals surface area contributed by atoms with E-state index in [1.165, 1.54) is 6.42 Å². The van der Waals surface area contributed by atoms with E-state index in [0.29, 0.717) is 6.54 Å². The summed E-state index contributed by atoms with van der Waals surface area (Å²) in [5.41, 5.74) is 5.79. The van der Waals surface area contributed by atoms with Gasteiger partial charge in [-0.1, -0.05) is 19.3 Å². The van der Waals surface area contributed by atoms with Gasteiger partial charge >= 0.3 is 0 Å². The maximum Gasteiger partial charge on any atom is 0.277 e. The highest BCUT2D eigenvalue weighted by Crippen LogP contribution is 2.25. The van der Waals surface area contributed by atoms with Crippen molar-refractivity contribution in [1.29, 1.82) is 0 Å². The number of rotatable bonds is 5. The van der Waals surface area contributed by atoms with Gasteiger partial charge < -0.3 is 5.73 Å². The lowest BCUT2D eigenvalue weighted by Gasteiger charge is -2.33. The minimum absolute atomic E-state index is 0. The standard InChI is InChI=1S/C10H23N3O2S.ClH/c1-9(2)13-16(14,15)12-8-10(11)6-4-3-5-7-10;/h9,12-13H,3-8,11H2,1-2H3;1H. The van der Waals surface area contributed by atoms with Crippen molar-refractivity contribution in [3.8, 4) is 0 Å². The van der Waals surface area contributed by atoms with Gasteiger partial charge in [0.15, 0.2) is 0 Å². The average Bonchev–Trinajstić information content (AvgIpc) is 2.15. The molecule has 1 aliphatic rings. The zero-order chi connectivity index (χ0) is 12.2. The van der Waals surface area contributed by atoms with Gasteiger partial charge in [-0.2, -0.15) is 13.1 Å². The monoisotopic (exact) mass is 285 g/mol. The molecule has 5 nitrogen and oxygen atoms in total.